The van der Waals surface area contributed by atoms with E-state index in [4.69, 9.17) is 19.7 Å². The van der Waals surface area contributed by atoms with E-state index in [0.29, 0.717) is 22.8 Å². The van der Waals surface area contributed by atoms with Gasteiger partial charge in [-0.15, -0.1) is 0 Å². The van der Waals surface area contributed by atoms with Gasteiger partial charge < -0.3 is 19.7 Å². The van der Waals surface area contributed by atoms with Gasteiger partial charge in [0.05, 0.1) is 19.3 Å². The van der Waals surface area contributed by atoms with Gasteiger partial charge in [-0.25, -0.2) is 4.79 Å². The normalized spacial score (nSPS) is 10.1. The highest BCUT2D eigenvalue weighted by Gasteiger charge is 2.08. The molecule has 0 aliphatic rings. The number of hydrogen-bond donors (Lipinski definition) is 2. The van der Waals surface area contributed by atoms with Crippen molar-refractivity contribution in [3.63, 3.8) is 0 Å². The van der Waals surface area contributed by atoms with Crippen molar-refractivity contribution < 1.29 is 24.5 Å². The number of ether oxygens (including phenoxy) is 2. The molecule has 0 aliphatic heterocycles. The number of carboxylic acid groups (broad SMARTS) is 1. The summed E-state index contributed by atoms with van der Waals surface area (Å²) in [5, 5.41) is 18.0. The van der Waals surface area contributed by atoms with Gasteiger partial charge in [-0.3, -0.25) is 0 Å². The van der Waals surface area contributed by atoms with Crippen molar-refractivity contribution >= 4 is 5.97 Å². The maximum absolute atomic E-state index is 10.8. The number of carbonyl (C=O) groups is 1. The Morgan fingerprint density at radius 3 is 2.35 bits per heavy atom. The van der Waals surface area contributed by atoms with Gasteiger partial charge in [0, 0.05) is 0 Å². The molecule has 0 fully saturated rings. The first kappa shape index (κ1) is 13.9. The smallest absolute Gasteiger partial charge is 0.335 e. The minimum absolute atomic E-state index is 0.0989. The van der Waals surface area contributed by atoms with Crippen molar-refractivity contribution in [1.29, 1.82) is 0 Å². The van der Waals surface area contributed by atoms with Crippen LogP contribution < -0.4 is 9.47 Å². The van der Waals surface area contributed by atoms with Crippen molar-refractivity contribution in [2.24, 2.45) is 0 Å². The molecular formula is C15H14O5. The van der Waals surface area contributed by atoms with Gasteiger partial charge in [0.1, 0.15) is 5.75 Å². The lowest BCUT2D eigenvalue weighted by molar-refractivity contribution is 0.0697. The fraction of sp³-hybridized carbons (Fsp3) is 0.133. The summed E-state index contributed by atoms with van der Waals surface area (Å²) in [7, 11) is 1.52. The molecule has 2 aromatic rings. The van der Waals surface area contributed by atoms with Crippen molar-refractivity contribution in [1.82, 2.24) is 0 Å². The van der Waals surface area contributed by atoms with Crippen molar-refractivity contribution in [2.75, 3.05) is 7.11 Å². The van der Waals surface area contributed by atoms with E-state index in [1.807, 2.05) is 0 Å². The Hall–Kier alpha value is -2.53. The summed E-state index contributed by atoms with van der Waals surface area (Å²) >= 11 is 0. The van der Waals surface area contributed by atoms with Crippen LogP contribution in [-0.4, -0.2) is 23.3 Å². The lowest BCUT2D eigenvalue weighted by atomic mass is 10.2. The molecule has 5 nitrogen and oxygen atoms in total. The molecule has 0 bridgehead atoms. The second-order valence-electron chi connectivity index (χ2n) is 4.07. The van der Waals surface area contributed by atoms with Gasteiger partial charge in [-0.2, -0.15) is 0 Å². The van der Waals surface area contributed by atoms with Crippen molar-refractivity contribution in [2.45, 2.75) is 6.61 Å². The molecule has 0 amide bonds. The maximum atomic E-state index is 10.8. The van der Waals surface area contributed by atoms with Crippen LogP contribution in [0.4, 0.5) is 0 Å². The summed E-state index contributed by atoms with van der Waals surface area (Å²) in [5.74, 6) is 0.492. The van der Waals surface area contributed by atoms with E-state index in [1.165, 1.54) is 19.2 Å². The Morgan fingerprint density at radius 2 is 1.80 bits per heavy atom. The topological polar surface area (TPSA) is 76.0 Å². The number of carboxylic acids is 1. The van der Waals surface area contributed by atoms with E-state index in [0.717, 1.165) is 0 Å². The number of aliphatic hydroxyl groups is 1. The van der Waals surface area contributed by atoms with Gasteiger partial charge in [0.15, 0.2) is 11.5 Å². The monoisotopic (exact) mass is 274 g/mol. The van der Waals surface area contributed by atoms with Crippen LogP contribution in [0.25, 0.3) is 0 Å². The zero-order valence-electron chi connectivity index (χ0n) is 10.9. The zero-order valence-corrected chi connectivity index (χ0v) is 10.9. The third-order valence-corrected chi connectivity index (χ3v) is 2.74. The number of hydrogen-bond acceptors (Lipinski definition) is 4. The number of aliphatic hydroxyl groups excluding tert-OH is 1. The molecule has 0 aromatic heterocycles. The minimum Gasteiger partial charge on any atom is -0.493 e. The predicted molar refractivity (Wildman–Crippen MR) is 72.4 cm³/mol. The molecule has 104 valence electrons. The molecule has 0 unspecified atom stereocenters. The lowest BCUT2D eigenvalue weighted by Gasteiger charge is -2.11. The molecule has 0 aliphatic carbocycles. The first-order chi connectivity index (χ1) is 9.63. The standard InChI is InChI=1S/C15H14O5/c1-19-13-7-2-10(9-16)8-14(13)20-12-5-3-11(4-6-12)15(17)18/h2-8,16H,9H2,1H3,(H,17,18). The summed E-state index contributed by atoms with van der Waals surface area (Å²) < 4.78 is 10.8. The van der Waals surface area contributed by atoms with Crippen LogP contribution in [-0.2, 0) is 6.61 Å². The van der Waals surface area contributed by atoms with Gasteiger partial charge in [0.25, 0.3) is 0 Å². The number of aromatic carboxylic acids is 1. The molecule has 2 aromatic carbocycles. The van der Waals surface area contributed by atoms with Crippen LogP contribution in [0.2, 0.25) is 0 Å². The molecule has 0 saturated heterocycles. The average Bonchev–Trinajstić information content (AvgIpc) is 2.47. The Labute approximate surface area is 116 Å². The molecule has 20 heavy (non-hydrogen) atoms. The highest BCUT2D eigenvalue weighted by atomic mass is 16.5. The number of benzene rings is 2. The Bertz CT molecular complexity index is 604. The second-order valence-corrected chi connectivity index (χ2v) is 4.07. The second kappa shape index (κ2) is 6.08. The highest BCUT2D eigenvalue weighted by Crippen LogP contribution is 2.32. The van der Waals surface area contributed by atoms with Gasteiger partial charge in [0.2, 0.25) is 0 Å². The van der Waals surface area contributed by atoms with E-state index in [-0.39, 0.29) is 12.2 Å². The summed E-state index contributed by atoms with van der Waals surface area (Å²) in [6.07, 6.45) is 0. The third kappa shape index (κ3) is 3.07. The number of rotatable bonds is 5. The molecule has 0 saturated carbocycles. The molecular weight excluding hydrogens is 260 g/mol. The fourth-order valence-electron chi connectivity index (χ4n) is 1.69. The molecule has 2 rings (SSSR count). The molecule has 2 N–H and O–H groups in total. The minimum atomic E-state index is -0.989. The van der Waals surface area contributed by atoms with Crippen LogP contribution in [0.3, 0.4) is 0 Å². The molecule has 5 heteroatoms. The fourth-order valence-corrected chi connectivity index (χ4v) is 1.69. The predicted octanol–water partition coefficient (Wildman–Crippen LogP) is 2.68. The zero-order chi connectivity index (χ0) is 14.5. The van der Waals surface area contributed by atoms with Gasteiger partial charge in [-0.05, 0) is 42.0 Å². The van der Waals surface area contributed by atoms with E-state index < -0.39 is 5.97 Å². The van der Waals surface area contributed by atoms with E-state index in [1.54, 1.807) is 30.3 Å². The highest BCUT2D eigenvalue weighted by molar-refractivity contribution is 5.87. The van der Waals surface area contributed by atoms with E-state index in [9.17, 15) is 4.79 Å². The average molecular weight is 274 g/mol. The van der Waals surface area contributed by atoms with Gasteiger partial charge >= 0.3 is 5.97 Å². The first-order valence-electron chi connectivity index (χ1n) is 5.93. The van der Waals surface area contributed by atoms with Crippen molar-refractivity contribution in [3.8, 4) is 17.2 Å². The summed E-state index contributed by atoms with van der Waals surface area (Å²) in [5.41, 5.74) is 0.886. The van der Waals surface area contributed by atoms with Crippen LogP contribution in [0.5, 0.6) is 17.2 Å². The molecule has 0 heterocycles. The Morgan fingerprint density at radius 1 is 1.10 bits per heavy atom. The van der Waals surface area contributed by atoms with Crippen LogP contribution in [0, 0.1) is 0 Å². The van der Waals surface area contributed by atoms with Crippen LogP contribution in [0.15, 0.2) is 42.5 Å². The maximum Gasteiger partial charge on any atom is 0.335 e. The first-order valence-corrected chi connectivity index (χ1v) is 5.93. The van der Waals surface area contributed by atoms with Gasteiger partial charge in [-0.1, -0.05) is 6.07 Å². The number of methoxy groups -OCH3 is 1. The molecule has 0 radical (unpaired) electrons. The van der Waals surface area contributed by atoms with E-state index in [2.05, 4.69) is 0 Å². The van der Waals surface area contributed by atoms with Crippen molar-refractivity contribution in [3.05, 3.63) is 53.6 Å². The largest absolute Gasteiger partial charge is 0.493 e. The molecule has 0 atom stereocenters. The quantitative estimate of drug-likeness (QED) is 0.876. The lowest BCUT2D eigenvalue weighted by Crippen LogP contribution is -1.96. The molecule has 0 spiro atoms. The summed E-state index contributed by atoms with van der Waals surface area (Å²) in [6, 6.07) is 11.2. The Kier molecular flexibility index (Phi) is 4.22. The van der Waals surface area contributed by atoms with Crippen LogP contribution >= 0.6 is 0 Å². The van der Waals surface area contributed by atoms with E-state index >= 15 is 0 Å². The van der Waals surface area contributed by atoms with Crippen LogP contribution in [0.1, 0.15) is 15.9 Å². The third-order valence-electron chi connectivity index (χ3n) is 2.74. The SMILES string of the molecule is COc1ccc(CO)cc1Oc1ccc(C(=O)O)cc1. The summed E-state index contributed by atoms with van der Waals surface area (Å²) in [4.78, 5) is 10.8. The Balaban J connectivity index is 2.26. The summed E-state index contributed by atoms with van der Waals surface area (Å²) in [6.45, 7) is -0.0989.